The van der Waals surface area contributed by atoms with Crippen LogP contribution in [0.1, 0.15) is 32.3 Å². The molecule has 1 aliphatic rings. The minimum atomic E-state index is -4.66. The Balaban J connectivity index is 2.19. The molecule has 1 aliphatic heterocycles. The first-order valence-corrected chi connectivity index (χ1v) is 7.19. The molecule has 1 N–H and O–H groups in total. The van der Waals surface area contributed by atoms with E-state index in [9.17, 15) is 17.6 Å². The number of benzene rings is 1. The fraction of sp³-hybridized carbons (Fsp3) is 0.600. The lowest BCUT2D eigenvalue weighted by Gasteiger charge is -2.39. The van der Waals surface area contributed by atoms with E-state index in [1.807, 2.05) is 18.7 Å². The van der Waals surface area contributed by atoms with Crippen molar-refractivity contribution < 1.29 is 17.6 Å². The lowest BCUT2D eigenvalue weighted by atomic mass is 9.97. The summed E-state index contributed by atoms with van der Waals surface area (Å²) >= 11 is 0. The first-order chi connectivity index (χ1) is 9.82. The number of rotatable bonds is 3. The Bertz CT molecular complexity index is 487. The van der Waals surface area contributed by atoms with Gasteiger partial charge in [0.05, 0.1) is 5.56 Å². The van der Waals surface area contributed by atoms with Crippen molar-refractivity contribution in [3.05, 3.63) is 29.6 Å². The maximum Gasteiger partial charge on any atom is 0.419 e. The van der Waals surface area contributed by atoms with Gasteiger partial charge in [0, 0.05) is 24.3 Å². The molecule has 2 unspecified atom stereocenters. The molecular formula is C15H20F4N2. The largest absolute Gasteiger partial charge is 0.419 e. The molecule has 0 aliphatic carbocycles. The molecule has 2 rings (SSSR count). The van der Waals surface area contributed by atoms with Crippen LogP contribution in [0.5, 0.6) is 0 Å². The Kier molecular flexibility index (Phi) is 4.76. The zero-order valence-electron chi connectivity index (χ0n) is 12.2. The Morgan fingerprint density at radius 1 is 1.33 bits per heavy atom. The number of halogens is 4. The molecular weight excluding hydrogens is 284 g/mol. The smallest absolute Gasteiger partial charge is 0.369 e. The van der Waals surface area contributed by atoms with Gasteiger partial charge in [-0.25, -0.2) is 4.39 Å². The number of piperidine rings is 1. The second kappa shape index (κ2) is 6.22. The van der Waals surface area contributed by atoms with Crippen molar-refractivity contribution in [1.82, 2.24) is 5.32 Å². The molecule has 21 heavy (non-hydrogen) atoms. The summed E-state index contributed by atoms with van der Waals surface area (Å²) in [7, 11) is 0. The average molecular weight is 304 g/mol. The third kappa shape index (κ3) is 3.67. The van der Waals surface area contributed by atoms with Crippen LogP contribution in [0.3, 0.4) is 0 Å². The van der Waals surface area contributed by atoms with Gasteiger partial charge in [0.2, 0.25) is 0 Å². The summed E-state index contributed by atoms with van der Waals surface area (Å²) in [5.74, 6) is -1.22. The highest BCUT2D eigenvalue weighted by Crippen LogP contribution is 2.35. The van der Waals surface area contributed by atoms with Crippen LogP contribution in [0.4, 0.5) is 23.2 Å². The molecule has 1 aromatic rings. The first kappa shape index (κ1) is 16.1. The van der Waals surface area contributed by atoms with Gasteiger partial charge in [-0.1, -0.05) is 6.92 Å². The van der Waals surface area contributed by atoms with Crippen LogP contribution in [0, 0.1) is 5.82 Å². The van der Waals surface area contributed by atoms with E-state index in [0.717, 1.165) is 31.5 Å². The fourth-order valence-electron chi connectivity index (χ4n) is 2.94. The summed E-state index contributed by atoms with van der Waals surface area (Å²) in [6.07, 6.45) is -2.92. The third-order valence-corrected chi connectivity index (χ3v) is 3.96. The van der Waals surface area contributed by atoms with E-state index in [1.54, 1.807) is 0 Å². The maximum atomic E-state index is 13.3. The molecule has 0 radical (unpaired) electrons. The minimum absolute atomic E-state index is 0.120. The summed E-state index contributed by atoms with van der Waals surface area (Å²) < 4.78 is 51.7. The third-order valence-electron chi connectivity index (χ3n) is 3.96. The van der Waals surface area contributed by atoms with Crippen molar-refractivity contribution in [3.63, 3.8) is 0 Å². The topological polar surface area (TPSA) is 15.3 Å². The SMILES string of the molecule is CCNC1CCN(c2ccc(F)c(C(F)(F)F)c2)C(C)C1. The normalized spacial score (nSPS) is 23.4. The van der Waals surface area contributed by atoms with Gasteiger partial charge in [0.15, 0.2) is 0 Å². The lowest BCUT2D eigenvalue weighted by molar-refractivity contribution is -0.139. The monoisotopic (exact) mass is 304 g/mol. The van der Waals surface area contributed by atoms with E-state index in [2.05, 4.69) is 5.32 Å². The second-order valence-electron chi connectivity index (χ2n) is 5.48. The highest BCUT2D eigenvalue weighted by molar-refractivity contribution is 5.51. The van der Waals surface area contributed by atoms with Crippen molar-refractivity contribution >= 4 is 5.69 Å². The summed E-state index contributed by atoms with van der Waals surface area (Å²) in [6, 6.07) is 3.76. The van der Waals surface area contributed by atoms with E-state index in [1.165, 1.54) is 6.07 Å². The maximum absolute atomic E-state index is 13.3. The molecule has 1 fully saturated rings. The number of nitrogens with one attached hydrogen (secondary N) is 1. The van der Waals surface area contributed by atoms with Crippen LogP contribution in [-0.2, 0) is 6.18 Å². The van der Waals surface area contributed by atoms with Gasteiger partial charge in [0.1, 0.15) is 5.82 Å². The van der Waals surface area contributed by atoms with Crippen molar-refractivity contribution in [1.29, 1.82) is 0 Å². The van der Waals surface area contributed by atoms with Gasteiger partial charge in [-0.2, -0.15) is 13.2 Å². The lowest BCUT2D eigenvalue weighted by Crippen LogP contribution is -2.47. The summed E-state index contributed by atoms with van der Waals surface area (Å²) in [5, 5.41) is 3.36. The van der Waals surface area contributed by atoms with Crippen LogP contribution in [-0.4, -0.2) is 25.2 Å². The molecule has 6 heteroatoms. The van der Waals surface area contributed by atoms with Crippen molar-refractivity contribution in [2.45, 2.75) is 44.9 Å². The van der Waals surface area contributed by atoms with Gasteiger partial charge < -0.3 is 10.2 Å². The Morgan fingerprint density at radius 2 is 2.05 bits per heavy atom. The van der Waals surface area contributed by atoms with Crippen LogP contribution in [0.2, 0.25) is 0 Å². The van der Waals surface area contributed by atoms with Gasteiger partial charge in [0.25, 0.3) is 0 Å². The molecule has 1 heterocycles. The number of hydrogen-bond acceptors (Lipinski definition) is 2. The van der Waals surface area contributed by atoms with Gasteiger partial charge in [-0.15, -0.1) is 0 Å². The van der Waals surface area contributed by atoms with E-state index < -0.39 is 17.6 Å². The highest BCUT2D eigenvalue weighted by atomic mass is 19.4. The molecule has 0 bridgehead atoms. The number of hydrogen-bond donors (Lipinski definition) is 1. The molecule has 0 saturated carbocycles. The minimum Gasteiger partial charge on any atom is -0.369 e. The van der Waals surface area contributed by atoms with Crippen molar-refractivity contribution in [2.75, 3.05) is 18.0 Å². The molecule has 0 amide bonds. The second-order valence-corrected chi connectivity index (χ2v) is 5.48. The van der Waals surface area contributed by atoms with E-state index >= 15 is 0 Å². The molecule has 1 aromatic carbocycles. The number of nitrogens with zero attached hydrogens (tertiary/aromatic N) is 1. The summed E-state index contributed by atoms with van der Waals surface area (Å²) in [6.45, 7) is 5.57. The van der Waals surface area contributed by atoms with Gasteiger partial charge in [-0.3, -0.25) is 0 Å². The zero-order chi connectivity index (χ0) is 15.6. The zero-order valence-corrected chi connectivity index (χ0v) is 12.2. The standard InChI is InChI=1S/C15H20F4N2/c1-3-20-11-6-7-21(10(2)8-11)12-4-5-14(16)13(9-12)15(17,18)19/h4-5,9-11,20H,3,6-8H2,1-2H3. The van der Waals surface area contributed by atoms with Crippen LogP contribution < -0.4 is 10.2 Å². The van der Waals surface area contributed by atoms with Crippen LogP contribution >= 0.6 is 0 Å². The molecule has 1 saturated heterocycles. The van der Waals surface area contributed by atoms with Crippen molar-refractivity contribution in [3.8, 4) is 0 Å². The molecule has 0 aromatic heterocycles. The van der Waals surface area contributed by atoms with Gasteiger partial charge >= 0.3 is 6.18 Å². The fourth-order valence-corrected chi connectivity index (χ4v) is 2.94. The predicted molar refractivity (Wildman–Crippen MR) is 74.9 cm³/mol. The van der Waals surface area contributed by atoms with Crippen molar-refractivity contribution in [2.24, 2.45) is 0 Å². The van der Waals surface area contributed by atoms with Gasteiger partial charge in [-0.05, 0) is 44.5 Å². The van der Waals surface area contributed by atoms with E-state index in [-0.39, 0.29) is 6.04 Å². The molecule has 0 spiro atoms. The first-order valence-electron chi connectivity index (χ1n) is 7.19. The summed E-state index contributed by atoms with van der Waals surface area (Å²) in [5.41, 5.74) is -0.757. The number of alkyl halides is 3. The Labute approximate surface area is 122 Å². The quantitative estimate of drug-likeness (QED) is 0.854. The molecule has 2 nitrogen and oxygen atoms in total. The van der Waals surface area contributed by atoms with Crippen LogP contribution in [0.15, 0.2) is 18.2 Å². The highest BCUT2D eigenvalue weighted by Gasteiger charge is 2.35. The molecule has 2 atom stereocenters. The predicted octanol–water partition coefficient (Wildman–Crippen LogP) is 3.81. The van der Waals surface area contributed by atoms with E-state index in [0.29, 0.717) is 18.3 Å². The summed E-state index contributed by atoms with van der Waals surface area (Å²) in [4.78, 5) is 1.92. The number of anilines is 1. The molecule has 118 valence electrons. The van der Waals surface area contributed by atoms with Crippen LogP contribution in [0.25, 0.3) is 0 Å². The van der Waals surface area contributed by atoms with E-state index in [4.69, 9.17) is 0 Å². The Hall–Kier alpha value is -1.30. The Morgan fingerprint density at radius 3 is 2.62 bits per heavy atom. The average Bonchev–Trinajstić information content (AvgIpc) is 2.39.